The molecular weight excluding hydrogens is 533 g/mol. The van der Waals surface area contributed by atoms with E-state index in [9.17, 15) is 4.79 Å². The number of rotatable bonds is 10. The van der Waals surface area contributed by atoms with Gasteiger partial charge in [-0.3, -0.25) is 15.2 Å². The fourth-order valence-electron chi connectivity index (χ4n) is 3.64. The number of amides is 1. The summed E-state index contributed by atoms with van der Waals surface area (Å²) in [7, 11) is 1.75. The number of carbonyl (C=O) groups excluding carboxylic acids is 1. The average molecular weight is 576 g/mol. The Morgan fingerprint density at radius 2 is 1.94 bits per heavy atom. The molecule has 1 aliphatic heterocycles. The average Bonchev–Trinajstić information content (AvgIpc) is 3.17. The van der Waals surface area contributed by atoms with Crippen molar-refractivity contribution in [2.45, 2.75) is 58.6 Å². The van der Waals surface area contributed by atoms with Crippen LogP contribution in [0.15, 0.2) is 29.3 Å². The molecule has 1 aromatic rings. The first-order chi connectivity index (χ1) is 15.3. The van der Waals surface area contributed by atoms with Crippen molar-refractivity contribution in [3.8, 4) is 0 Å². The molecule has 1 fully saturated rings. The Bertz CT molecular complexity index is 722. The van der Waals surface area contributed by atoms with Crippen LogP contribution in [0.2, 0.25) is 0 Å². The molecule has 1 heterocycles. The number of halogens is 1. The van der Waals surface area contributed by atoms with Crippen molar-refractivity contribution in [1.82, 2.24) is 15.5 Å². The van der Waals surface area contributed by atoms with Crippen LogP contribution in [0, 0.1) is 0 Å². The first kappa shape index (κ1) is 29.4. The van der Waals surface area contributed by atoms with Gasteiger partial charge in [0.25, 0.3) is 0 Å². The summed E-state index contributed by atoms with van der Waals surface area (Å²) in [5.41, 5.74) is 1.40. The monoisotopic (exact) mass is 575 g/mol. The smallest absolute Gasteiger partial charge is 0.412 e. The highest BCUT2D eigenvalue weighted by Gasteiger charge is 2.23. The lowest BCUT2D eigenvalue weighted by molar-refractivity contribution is 0.0636. The number of guanidine groups is 1. The summed E-state index contributed by atoms with van der Waals surface area (Å²) in [4.78, 5) is 19.2. The molecule has 188 valence electrons. The molecule has 3 N–H and O–H groups in total. The molecule has 0 spiro atoms. The third kappa shape index (κ3) is 11.9. The van der Waals surface area contributed by atoms with Gasteiger partial charge in [-0.25, -0.2) is 4.79 Å². The van der Waals surface area contributed by atoms with E-state index in [1.807, 2.05) is 45.0 Å². The molecule has 2 rings (SSSR count). The summed E-state index contributed by atoms with van der Waals surface area (Å²) in [6, 6.07) is 8.32. The maximum absolute atomic E-state index is 11.9. The van der Waals surface area contributed by atoms with Gasteiger partial charge in [0, 0.05) is 38.5 Å². The number of anilines is 1. The minimum absolute atomic E-state index is 0. The zero-order valence-corrected chi connectivity index (χ0v) is 23.1. The van der Waals surface area contributed by atoms with Gasteiger partial charge in [0.15, 0.2) is 5.96 Å². The number of methoxy groups -OCH3 is 1. The molecule has 1 amide bonds. The number of hydrogen-bond donors (Lipinski definition) is 3. The SMILES string of the molecule is CCNC(=NCC1CCCN1CCOC)NCCc1ccc(NC(=O)OC(C)(C)C)cc1.I. The molecule has 1 unspecified atom stereocenters. The van der Waals surface area contributed by atoms with E-state index < -0.39 is 11.7 Å². The number of carbonyl (C=O) groups is 1. The zero-order valence-electron chi connectivity index (χ0n) is 20.8. The van der Waals surface area contributed by atoms with E-state index in [1.165, 1.54) is 18.4 Å². The van der Waals surface area contributed by atoms with Gasteiger partial charge >= 0.3 is 6.09 Å². The maximum Gasteiger partial charge on any atom is 0.412 e. The second-order valence-corrected chi connectivity index (χ2v) is 9.05. The number of nitrogens with zero attached hydrogens (tertiary/aromatic N) is 2. The lowest BCUT2D eigenvalue weighted by Gasteiger charge is -2.23. The van der Waals surface area contributed by atoms with Crippen molar-refractivity contribution in [3.05, 3.63) is 29.8 Å². The molecule has 0 aromatic heterocycles. The van der Waals surface area contributed by atoms with Gasteiger partial charge in [0.1, 0.15) is 5.60 Å². The summed E-state index contributed by atoms with van der Waals surface area (Å²) in [6.07, 6.45) is 2.84. The first-order valence-electron chi connectivity index (χ1n) is 11.6. The van der Waals surface area contributed by atoms with Gasteiger partial charge in [-0.05, 0) is 71.2 Å². The molecular formula is C24H42IN5O3. The molecule has 0 bridgehead atoms. The third-order valence-corrected chi connectivity index (χ3v) is 5.19. The number of benzene rings is 1. The van der Waals surface area contributed by atoms with Crippen molar-refractivity contribution in [2.75, 3.05) is 51.8 Å². The van der Waals surface area contributed by atoms with Crippen LogP contribution in [0.1, 0.15) is 46.1 Å². The molecule has 1 atom stereocenters. The van der Waals surface area contributed by atoms with Crippen LogP contribution in [-0.2, 0) is 15.9 Å². The number of aliphatic imine (C=N–C) groups is 1. The lowest BCUT2D eigenvalue weighted by atomic mass is 10.1. The van der Waals surface area contributed by atoms with Crippen molar-refractivity contribution < 1.29 is 14.3 Å². The van der Waals surface area contributed by atoms with Crippen LogP contribution in [0.3, 0.4) is 0 Å². The van der Waals surface area contributed by atoms with Gasteiger partial charge in [-0.2, -0.15) is 0 Å². The number of nitrogens with one attached hydrogen (secondary N) is 3. The molecule has 8 nitrogen and oxygen atoms in total. The summed E-state index contributed by atoms with van der Waals surface area (Å²) in [5, 5.41) is 9.52. The number of likely N-dealkylation sites (tertiary alicyclic amines) is 1. The quantitative estimate of drug-likeness (QED) is 0.223. The summed E-state index contributed by atoms with van der Waals surface area (Å²) >= 11 is 0. The Morgan fingerprint density at radius 1 is 1.21 bits per heavy atom. The second kappa shape index (κ2) is 15.3. The standard InChI is InChI=1S/C24H41N5O3.HI/c1-6-25-22(27-18-21-8-7-15-29(21)16-17-31-5)26-14-13-19-9-11-20(12-10-19)28-23(30)32-24(2,3)4;/h9-12,21H,6-8,13-18H2,1-5H3,(H,28,30)(H2,25,26,27);1H. The Labute approximate surface area is 216 Å². The zero-order chi connectivity index (χ0) is 23.4. The highest BCUT2D eigenvalue weighted by molar-refractivity contribution is 14.0. The minimum Gasteiger partial charge on any atom is -0.444 e. The highest BCUT2D eigenvalue weighted by Crippen LogP contribution is 2.17. The largest absolute Gasteiger partial charge is 0.444 e. The fraction of sp³-hybridized carbons (Fsp3) is 0.667. The minimum atomic E-state index is -0.512. The normalized spacial score (nSPS) is 16.8. The van der Waals surface area contributed by atoms with Gasteiger partial charge in [0.05, 0.1) is 13.2 Å². The molecule has 0 radical (unpaired) electrons. The predicted octanol–water partition coefficient (Wildman–Crippen LogP) is 3.86. The van der Waals surface area contributed by atoms with E-state index in [0.29, 0.717) is 6.04 Å². The molecule has 9 heteroatoms. The van der Waals surface area contributed by atoms with E-state index in [4.69, 9.17) is 14.5 Å². The van der Waals surface area contributed by atoms with E-state index in [0.717, 1.165) is 57.4 Å². The second-order valence-electron chi connectivity index (χ2n) is 9.05. The first-order valence-corrected chi connectivity index (χ1v) is 11.6. The van der Waals surface area contributed by atoms with Crippen LogP contribution < -0.4 is 16.0 Å². The van der Waals surface area contributed by atoms with Crippen LogP contribution in [0.4, 0.5) is 10.5 Å². The molecule has 1 aliphatic rings. The summed E-state index contributed by atoms with van der Waals surface area (Å²) in [6.45, 7) is 12.9. The molecule has 1 saturated heterocycles. The molecule has 0 aliphatic carbocycles. The predicted molar refractivity (Wildman–Crippen MR) is 146 cm³/mol. The number of hydrogen-bond acceptors (Lipinski definition) is 5. The highest BCUT2D eigenvalue weighted by atomic mass is 127. The topological polar surface area (TPSA) is 87.2 Å². The Morgan fingerprint density at radius 3 is 2.58 bits per heavy atom. The Hall–Kier alpha value is -1.59. The van der Waals surface area contributed by atoms with E-state index in [-0.39, 0.29) is 24.0 Å². The van der Waals surface area contributed by atoms with Gasteiger partial charge in [0.2, 0.25) is 0 Å². The third-order valence-electron chi connectivity index (χ3n) is 5.19. The summed E-state index contributed by atoms with van der Waals surface area (Å²) in [5.74, 6) is 0.856. The fourth-order valence-corrected chi connectivity index (χ4v) is 3.64. The van der Waals surface area contributed by atoms with Gasteiger partial charge < -0.3 is 20.1 Å². The maximum atomic E-state index is 11.9. The van der Waals surface area contributed by atoms with Gasteiger partial charge in [-0.1, -0.05) is 12.1 Å². The Kier molecular flexibility index (Phi) is 13.7. The van der Waals surface area contributed by atoms with Crippen LogP contribution in [-0.4, -0.2) is 75.0 Å². The lowest BCUT2D eigenvalue weighted by Crippen LogP contribution is -2.40. The van der Waals surface area contributed by atoms with E-state index >= 15 is 0 Å². The van der Waals surface area contributed by atoms with Crippen LogP contribution in [0.5, 0.6) is 0 Å². The molecule has 33 heavy (non-hydrogen) atoms. The van der Waals surface area contributed by atoms with Gasteiger partial charge in [-0.15, -0.1) is 24.0 Å². The Balaban J connectivity index is 0.00000544. The molecule has 0 saturated carbocycles. The summed E-state index contributed by atoms with van der Waals surface area (Å²) < 4.78 is 10.5. The van der Waals surface area contributed by atoms with E-state index in [1.54, 1.807) is 7.11 Å². The van der Waals surface area contributed by atoms with Crippen LogP contribution >= 0.6 is 24.0 Å². The van der Waals surface area contributed by atoms with Crippen molar-refractivity contribution in [1.29, 1.82) is 0 Å². The number of ether oxygens (including phenoxy) is 2. The van der Waals surface area contributed by atoms with E-state index in [2.05, 4.69) is 27.8 Å². The van der Waals surface area contributed by atoms with Crippen molar-refractivity contribution >= 4 is 41.7 Å². The van der Waals surface area contributed by atoms with Crippen molar-refractivity contribution in [2.24, 2.45) is 4.99 Å². The molecule has 1 aromatic carbocycles. The van der Waals surface area contributed by atoms with Crippen LogP contribution in [0.25, 0.3) is 0 Å². The van der Waals surface area contributed by atoms with Crippen molar-refractivity contribution in [3.63, 3.8) is 0 Å².